The largest absolute Gasteiger partial charge is 0.479 e. The molecule has 0 atom stereocenters. The Labute approximate surface area is 136 Å². The first-order chi connectivity index (χ1) is 11.2. The second-order valence-electron chi connectivity index (χ2n) is 4.59. The molecular formula is C15H12ClFN4O2. The Kier molecular flexibility index (Phi) is 4.38. The number of ether oxygens (including phenoxy) is 1. The highest BCUT2D eigenvalue weighted by Gasteiger charge is 2.09. The van der Waals surface area contributed by atoms with E-state index in [0.717, 1.165) is 11.8 Å². The Balaban J connectivity index is 1.70. The second-order valence-corrected chi connectivity index (χ2v) is 5.03. The zero-order chi connectivity index (χ0) is 16.2. The van der Waals surface area contributed by atoms with Gasteiger partial charge in [-0.25, -0.2) is 4.98 Å². The normalized spacial score (nSPS) is 10.6. The monoisotopic (exact) mass is 334 g/mol. The number of anilines is 1. The van der Waals surface area contributed by atoms with Gasteiger partial charge in [-0.1, -0.05) is 28.9 Å². The Morgan fingerprint density at radius 1 is 1.35 bits per heavy atom. The summed E-state index contributed by atoms with van der Waals surface area (Å²) in [5.41, 5.74) is 1.52. The molecule has 0 radical (unpaired) electrons. The van der Waals surface area contributed by atoms with E-state index < -0.39 is 5.82 Å². The molecule has 23 heavy (non-hydrogen) atoms. The third-order valence-electron chi connectivity index (χ3n) is 3.01. The maximum Gasteiger partial charge on any atom is 0.255 e. The van der Waals surface area contributed by atoms with Crippen LogP contribution in [0.15, 0.2) is 41.1 Å². The van der Waals surface area contributed by atoms with E-state index >= 15 is 0 Å². The molecule has 0 bridgehead atoms. The third-order valence-corrected chi connectivity index (χ3v) is 3.24. The summed E-state index contributed by atoms with van der Waals surface area (Å²) in [7, 11) is 1.34. The number of nitrogens with zero attached hydrogens (tertiary/aromatic N) is 3. The Morgan fingerprint density at radius 3 is 3.00 bits per heavy atom. The molecule has 3 aromatic rings. The number of hydrogen-bond donors (Lipinski definition) is 1. The first-order valence-electron chi connectivity index (χ1n) is 6.67. The van der Waals surface area contributed by atoms with Gasteiger partial charge in [0.05, 0.1) is 19.9 Å². The van der Waals surface area contributed by atoms with Gasteiger partial charge >= 0.3 is 0 Å². The molecule has 8 heteroatoms. The van der Waals surface area contributed by atoms with E-state index in [-0.39, 0.29) is 11.8 Å². The van der Waals surface area contributed by atoms with Crippen LogP contribution in [0.4, 0.5) is 10.3 Å². The molecule has 0 amide bonds. The molecular weight excluding hydrogens is 323 g/mol. The minimum Gasteiger partial charge on any atom is -0.479 e. The second kappa shape index (κ2) is 6.62. The molecule has 0 aliphatic heterocycles. The average molecular weight is 335 g/mol. The van der Waals surface area contributed by atoms with Gasteiger partial charge in [-0.05, 0) is 12.1 Å². The van der Waals surface area contributed by atoms with Crippen LogP contribution in [0.2, 0.25) is 5.02 Å². The molecule has 0 fully saturated rings. The summed E-state index contributed by atoms with van der Waals surface area (Å²) in [4.78, 5) is 7.71. The molecule has 0 unspecified atom stereocenters. The van der Waals surface area contributed by atoms with Crippen LogP contribution >= 0.6 is 11.6 Å². The van der Waals surface area contributed by atoms with E-state index in [1.165, 1.54) is 7.11 Å². The molecule has 118 valence electrons. The average Bonchev–Trinajstić information content (AvgIpc) is 3.03. The van der Waals surface area contributed by atoms with Gasteiger partial charge < -0.3 is 14.6 Å². The summed E-state index contributed by atoms with van der Waals surface area (Å²) >= 11 is 5.95. The molecule has 1 N–H and O–H groups in total. The van der Waals surface area contributed by atoms with Crippen molar-refractivity contribution in [2.45, 2.75) is 6.54 Å². The Bertz CT molecular complexity index is 825. The van der Waals surface area contributed by atoms with Crippen molar-refractivity contribution < 1.29 is 13.7 Å². The fourth-order valence-electron chi connectivity index (χ4n) is 1.93. The van der Waals surface area contributed by atoms with Crippen molar-refractivity contribution in [3.05, 3.63) is 53.1 Å². The molecule has 3 rings (SSSR count). The van der Waals surface area contributed by atoms with E-state index in [2.05, 4.69) is 20.4 Å². The maximum atomic E-state index is 13.2. The molecule has 0 saturated carbocycles. The summed E-state index contributed by atoms with van der Waals surface area (Å²) in [6.45, 7) is 0.294. The number of rotatable bonds is 5. The minimum atomic E-state index is -0.624. The summed E-state index contributed by atoms with van der Waals surface area (Å²) in [5, 5.41) is 7.52. The predicted octanol–water partition coefficient (Wildman–Crippen LogP) is 3.54. The van der Waals surface area contributed by atoms with Crippen LogP contribution in [0.1, 0.15) is 5.76 Å². The lowest BCUT2D eigenvalue weighted by Crippen LogP contribution is -2.04. The fraction of sp³-hybridized carbons (Fsp3) is 0.133. The molecule has 1 aromatic carbocycles. The van der Waals surface area contributed by atoms with Crippen LogP contribution in [0, 0.1) is 5.82 Å². The lowest BCUT2D eigenvalue weighted by atomic mass is 10.1. The van der Waals surface area contributed by atoms with Crippen molar-refractivity contribution >= 4 is 17.5 Å². The van der Waals surface area contributed by atoms with Crippen LogP contribution in [-0.2, 0) is 6.54 Å². The molecule has 6 nitrogen and oxygen atoms in total. The number of nitrogens with one attached hydrogen (secondary N) is 1. The zero-order valence-corrected chi connectivity index (χ0v) is 12.8. The molecule has 0 aliphatic carbocycles. The van der Waals surface area contributed by atoms with Crippen LogP contribution in [0.5, 0.6) is 5.88 Å². The van der Waals surface area contributed by atoms with Crippen molar-refractivity contribution in [2.75, 3.05) is 12.4 Å². The number of aromatic nitrogens is 3. The summed E-state index contributed by atoms with van der Waals surface area (Å²) in [5.74, 6) is 0.0523. The maximum absolute atomic E-state index is 13.2. The van der Waals surface area contributed by atoms with Crippen molar-refractivity contribution in [1.82, 2.24) is 15.1 Å². The quantitative estimate of drug-likeness (QED) is 0.769. The molecule has 0 aliphatic rings. The zero-order valence-electron chi connectivity index (χ0n) is 12.1. The number of hydrogen-bond acceptors (Lipinski definition) is 6. The highest BCUT2D eigenvalue weighted by atomic mass is 35.5. The van der Waals surface area contributed by atoms with Crippen LogP contribution < -0.4 is 10.1 Å². The van der Waals surface area contributed by atoms with Gasteiger partial charge in [0.25, 0.3) is 5.88 Å². The van der Waals surface area contributed by atoms with Crippen molar-refractivity contribution in [3.8, 4) is 17.1 Å². The van der Waals surface area contributed by atoms with Crippen molar-refractivity contribution in [3.63, 3.8) is 0 Å². The van der Waals surface area contributed by atoms with E-state index in [0.29, 0.717) is 23.0 Å². The summed E-state index contributed by atoms with van der Waals surface area (Å²) in [6.07, 6.45) is 1.03. The first kappa shape index (κ1) is 15.2. The lowest BCUT2D eigenvalue weighted by Gasteiger charge is -2.04. The van der Waals surface area contributed by atoms with E-state index in [1.54, 1.807) is 18.2 Å². The van der Waals surface area contributed by atoms with Crippen LogP contribution in [-0.4, -0.2) is 22.2 Å². The number of benzene rings is 1. The van der Waals surface area contributed by atoms with Gasteiger partial charge in [-0.15, -0.1) is 0 Å². The first-order valence-corrected chi connectivity index (χ1v) is 7.05. The van der Waals surface area contributed by atoms with Crippen molar-refractivity contribution in [2.24, 2.45) is 0 Å². The Morgan fingerprint density at radius 2 is 2.22 bits per heavy atom. The molecule has 2 heterocycles. The SMILES string of the molecule is COc1nc(NCc2cc(-c3cccc(Cl)c3)no2)ncc1F. The summed E-state index contributed by atoms with van der Waals surface area (Å²) in [6, 6.07) is 9.08. The minimum absolute atomic E-state index is 0.125. The number of methoxy groups -OCH3 is 1. The van der Waals surface area contributed by atoms with Gasteiger partial charge in [0.15, 0.2) is 5.76 Å². The smallest absolute Gasteiger partial charge is 0.255 e. The van der Waals surface area contributed by atoms with Gasteiger partial charge in [-0.3, -0.25) is 0 Å². The van der Waals surface area contributed by atoms with E-state index in [1.807, 2.05) is 12.1 Å². The molecule has 2 aromatic heterocycles. The lowest BCUT2D eigenvalue weighted by molar-refractivity contribution is 0.367. The third kappa shape index (κ3) is 3.57. The van der Waals surface area contributed by atoms with E-state index in [9.17, 15) is 4.39 Å². The summed E-state index contributed by atoms with van der Waals surface area (Å²) < 4.78 is 23.3. The highest BCUT2D eigenvalue weighted by molar-refractivity contribution is 6.30. The number of halogens is 2. The van der Waals surface area contributed by atoms with Gasteiger partial charge in [0.2, 0.25) is 11.8 Å². The topological polar surface area (TPSA) is 73.1 Å². The molecule has 0 saturated heterocycles. The highest BCUT2D eigenvalue weighted by Crippen LogP contribution is 2.22. The standard InChI is InChI=1S/C15H12ClFN4O2/c1-22-14-12(17)8-19-15(20-14)18-7-11-6-13(21-23-11)9-3-2-4-10(16)5-9/h2-6,8H,7H2,1H3,(H,18,19,20). The Hall–Kier alpha value is -2.67. The predicted molar refractivity (Wildman–Crippen MR) is 82.8 cm³/mol. The molecule has 0 spiro atoms. The van der Waals surface area contributed by atoms with Gasteiger partial charge in [0.1, 0.15) is 5.69 Å². The fourth-order valence-corrected chi connectivity index (χ4v) is 2.12. The van der Waals surface area contributed by atoms with Crippen molar-refractivity contribution in [1.29, 1.82) is 0 Å². The van der Waals surface area contributed by atoms with Crippen LogP contribution in [0.3, 0.4) is 0 Å². The van der Waals surface area contributed by atoms with Gasteiger partial charge in [-0.2, -0.15) is 9.37 Å². The van der Waals surface area contributed by atoms with E-state index in [4.69, 9.17) is 20.9 Å². The van der Waals surface area contributed by atoms with Gasteiger partial charge in [0, 0.05) is 16.7 Å². The van der Waals surface area contributed by atoms with Crippen LogP contribution in [0.25, 0.3) is 11.3 Å².